The van der Waals surface area contributed by atoms with E-state index in [1.165, 1.54) is 24.6 Å². The Morgan fingerprint density at radius 1 is 1.17 bits per heavy atom. The van der Waals surface area contributed by atoms with Gasteiger partial charge in [-0.2, -0.15) is 9.78 Å². The second-order valence-corrected chi connectivity index (χ2v) is 4.92. The first kappa shape index (κ1) is 16.7. The molecule has 0 bridgehead atoms. The van der Waals surface area contributed by atoms with Crippen molar-refractivity contribution in [3.63, 3.8) is 0 Å². The van der Waals surface area contributed by atoms with E-state index < -0.39 is 11.9 Å². The van der Waals surface area contributed by atoms with Crippen molar-refractivity contribution in [3.05, 3.63) is 23.4 Å². The van der Waals surface area contributed by atoms with E-state index in [0.29, 0.717) is 23.0 Å². The molecule has 0 amide bonds. The number of hydrogen-bond donors (Lipinski definition) is 0. The minimum absolute atomic E-state index is 0.112. The van der Waals surface area contributed by atoms with Crippen molar-refractivity contribution in [3.8, 4) is 5.75 Å². The summed E-state index contributed by atoms with van der Waals surface area (Å²) in [6.45, 7) is 6.43. The molecule has 1 heterocycles. The normalized spacial score (nSPS) is 10.6. The molecular formula is C16H18N2O5. The van der Waals surface area contributed by atoms with Gasteiger partial charge in [0.1, 0.15) is 5.52 Å². The van der Waals surface area contributed by atoms with Crippen molar-refractivity contribution in [2.45, 2.75) is 34.1 Å². The molecular weight excluding hydrogens is 300 g/mol. The number of benzene rings is 1. The minimum atomic E-state index is -0.554. The lowest BCUT2D eigenvalue weighted by atomic mass is 10.1. The molecule has 7 heteroatoms. The fourth-order valence-electron chi connectivity index (χ4n) is 2.32. The SMILES string of the molecule is CCOC(=O)c1cc(OC(C)=O)c2c(c1)c(CC)nn2C(C)=O. The summed E-state index contributed by atoms with van der Waals surface area (Å²) in [6, 6.07) is 2.99. The van der Waals surface area contributed by atoms with Crippen molar-refractivity contribution in [1.82, 2.24) is 9.78 Å². The number of rotatable bonds is 4. The molecule has 0 aliphatic carbocycles. The topological polar surface area (TPSA) is 87.5 Å². The fourth-order valence-corrected chi connectivity index (χ4v) is 2.32. The van der Waals surface area contributed by atoms with E-state index in [9.17, 15) is 14.4 Å². The van der Waals surface area contributed by atoms with E-state index in [-0.39, 0.29) is 23.8 Å². The molecule has 0 spiro atoms. The van der Waals surface area contributed by atoms with Gasteiger partial charge in [0.05, 0.1) is 17.9 Å². The van der Waals surface area contributed by atoms with Gasteiger partial charge < -0.3 is 9.47 Å². The lowest BCUT2D eigenvalue weighted by Gasteiger charge is -2.08. The molecule has 0 aliphatic heterocycles. The number of hydrogen-bond acceptors (Lipinski definition) is 6. The molecule has 0 N–H and O–H groups in total. The third-order valence-electron chi connectivity index (χ3n) is 3.22. The zero-order chi connectivity index (χ0) is 17.1. The van der Waals surface area contributed by atoms with Gasteiger partial charge >= 0.3 is 11.9 Å². The average molecular weight is 318 g/mol. The van der Waals surface area contributed by atoms with Gasteiger partial charge in [-0.25, -0.2) is 4.79 Å². The first-order valence-electron chi connectivity index (χ1n) is 7.31. The maximum Gasteiger partial charge on any atom is 0.338 e. The molecule has 0 saturated carbocycles. The summed E-state index contributed by atoms with van der Waals surface area (Å²) in [5.74, 6) is -1.28. The van der Waals surface area contributed by atoms with Gasteiger partial charge in [0.25, 0.3) is 0 Å². The van der Waals surface area contributed by atoms with E-state index in [0.717, 1.165) is 0 Å². The standard InChI is InChI=1S/C16H18N2O5/c1-5-13-12-7-11(16(21)22-6-2)8-14(23-10(4)20)15(12)18(17-13)9(3)19/h7-8H,5-6H2,1-4H3. The van der Waals surface area contributed by atoms with Gasteiger partial charge in [0, 0.05) is 19.2 Å². The van der Waals surface area contributed by atoms with Gasteiger partial charge in [-0.1, -0.05) is 6.92 Å². The lowest BCUT2D eigenvalue weighted by Crippen LogP contribution is -2.11. The summed E-state index contributed by atoms with van der Waals surface area (Å²) >= 11 is 0. The molecule has 122 valence electrons. The molecule has 0 saturated heterocycles. The second kappa shape index (κ2) is 6.60. The maximum atomic E-state index is 12.0. The summed E-state index contributed by atoms with van der Waals surface area (Å²) in [5.41, 5.74) is 1.25. The molecule has 1 aromatic carbocycles. The van der Waals surface area contributed by atoms with Crippen LogP contribution in [0, 0.1) is 0 Å². The summed E-state index contributed by atoms with van der Waals surface area (Å²) in [7, 11) is 0. The number of nitrogens with zero attached hydrogens (tertiary/aromatic N) is 2. The Kier molecular flexibility index (Phi) is 4.78. The van der Waals surface area contributed by atoms with E-state index >= 15 is 0 Å². The monoisotopic (exact) mass is 318 g/mol. The van der Waals surface area contributed by atoms with Gasteiger partial charge in [-0.05, 0) is 25.5 Å². The Morgan fingerprint density at radius 3 is 2.39 bits per heavy atom. The number of aromatic nitrogens is 2. The number of carbonyl (C=O) groups excluding carboxylic acids is 3. The zero-order valence-electron chi connectivity index (χ0n) is 13.5. The Bertz CT molecular complexity index is 791. The lowest BCUT2D eigenvalue weighted by molar-refractivity contribution is -0.131. The van der Waals surface area contributed by atoms with Gasteiger partial charge in [-0.15, -0.1) is 0 Å². The smallest absolute Gasteiger partial charge is 0.338 e. The van der Waals surface area contributed by atoms with Crippen molar-refractivity contribution >= 4 is 28.7 Å². The molecule has 2 aromatic rings. The van der Waals surface area contributed by atoms with Crippen LogP contribution in [0.15, 0.2) is 12.1 Å². The Morgan fingerprint density at radius 2 is 1.87 bits per heavy atom. The van der Waals surface area contributed by atoms with Crippen LogP contribution in [0.2, 0.25) is 0 Å². The van der Waals surface area contributed by atoms with Gasteiger partial charge in [-0.3, -0.25) is 9.59 Å². The van der Waals surface area contributed by atoms with E-state index in [1.54, 1.807) is 13.0 Å². The van der Waals surface area contributed by atoms with Crippen LogP contribution in [-0.4, -0.2) is 34.2 Å². The van der Waals surface area contributed by atoms with Gasteiger partial charge in [0.2, 0.25) is 5.91 Å². The third kappa shape index (κ3) is 3.23. The average Bonchev–Trinajstić information content (AvgIpc) is 2.86. The highest BCUT2D eigenvalue weighted by molar-refractivity contribution is 6.01. The van der Waals surface area contributed by atoms with Crippen LogP contribution < -0.4 is 4.74 Å². The maximum absolute atomic E-state index is 12.0. The molecule has 1 aromatic heterocycles. The highest BCUT2D eigenvalue weighted by atomic mass is 16.5. The van der Waals surface area contributed by atoms with Gasteiger partial charge in [0.15, 0.2) is 5.75 Å². The molecule has 0 aliphatic rings. The van der Waals surface area contributed by atoms with Crippen LogP contribution >= 0.6 is 0 Å². The molecule has 0 atom stereocenters. The van der Waals surface area contributed by atoms with Crippen LogP contribution in [0.3, 0.4) is 0 Å². The third-order valence-corrected chi connectivity index (χ3v) is 3.22. The van der Waals surface area contributed by atoms with Crippen molar-refractivity contribution in [1.29, 1.82) is 0 Å². The van der Waals surface area contributed by atoms with Crippen LogP contribution in [0.4, 0.5) is 0 Å². The number of ether oxygens (including phenoxy) is 2. The number of aryl methyl sites for hydroxylation is 1. The number of fused-ring (bicyclic) bond motifs is 1. The van der Waals surface area contributed by atoms with Crippen LogP contribution in [0.5, 0.6) is 5.75 Å². The summed E-state index contributed by atoms with van der Waals surface area (Å²) in [5, 5.41) is 4.83. The predicted octanol–water partition coefficient (Wildman–Crippen LogP) is 2.36. The molecule has 0 radical (unpaired) electrons. The zero-order valence-corrected chi connectivity index (χ0v) is 13.5. The van der Waals surface area contributed by atoms with Crippen LogP contribution in [0.1, 0.15) is 48.5 Å². The number of esters is 2. The summed E-state index contributed by atoms with van der Waals surface area (Å²) in [6.07, 6.45) is 0.558. The first-order chi connectivity index (χ1) is 10.9. The summed E-state index contributed by atoms with van der Waals surface area (Å²) < 4.78 is 11.4. The second-order valence-electron chi connectivity index (χ2n) is 4.92. The van der Waals surface area contributed by atoms with Crippen LogP contribution in [0.25, 0.3) is 10.9 Å². The quantitative estimate of drug-likeness (QED) is 0.635. The van der Waals surface area contributed by atoms with E-state index in [1.807, 2.05) is 6.92 Å². The van der Waals surface area contributed by atoms with E-state index in [4.69, 9.17) is 9.47 Å². The Hall–Kier alpha value is -2.70. The van der Waals surface area contributed by atoms with E-state index in [2.05, 4.69) is 5.10 Å². The van der Waals surface area contributed by atoms with Crippen molar-refractivity contribution in [2.75, 3.05) is 6.61 Å². The molecule has 23 heavy (non-hydrogen) atoms. The van der Waals surface area contributed by atoms with Crippen molar-refractivity contribution in [2.24, 2.45) is 0 Å². The first-order valence-corrected chi connectivity index (χ1v) is 7.31. The molecule has 0 fully saturated rings. The Labute approximate surface area is 133 Å². The summed E-state index contributed by atoms with van der Waals surface area (Å²) in [4.78, 5) is 35.2. The Balaban J connectivity index is 2.78. The molecule has 2 rings (SSSR count). The largest absolute Gasteiger partial charge is 0.462 e. The highest BCUT2D eigenvalue weighted by Gasteiger charge is 2.21. The number of carbonyl (C=O) groups is 3. The molecule has 7 nitrogen and oxygen atoms in total. The van der Waals surface area contributed by atoms with Crippen LogP contribution in [-0.2, 0) is 16.0 Å². The fraction of sp³-hybridized carbons (Fsp3) is 0.375. The minimum Gasteiger partial charge on any atom is -0.462 e. The van der Waals surface area contributed by atoms with Crippen molar-refractivity contribution < 1.29 is 23.9 Å². The highest BCUT2D eigenvalue weighted by Crippen LogP contribution is 2.31. The molecule has 0 unspecified atom stereocenters. The predicted molar refractivity (Wildman–Crippen MR) is 82.7 cm³/mol.